The lowest BCUT2D eigenvalue weighted by molar-refractivity contribution is -0.118. The molecule has 8 heavy (non-hydrogen) atoms. The highest BCUT2D eigenvalue weighted by Crippen LogP contribution is 2.27. The first-order chi connectivity index (χ1) is 3.66. The normalized spacial score (nSPS) is 45.4. The average Bonchev–Trinajstić information content (AvgIpc) is 1.63. The fraction of sp³-hybridized carbons (Fsp3) is 0.500. The molecule has 0 saturated carbocycles. The lowest BCUT2D eigenvalue weighted by Gasteiger charge is -2.31. The molecule has 0 radical (unpaired) electrons. The predicted octanol–water partition coefficient (Wildman–Crippen LogP) is 0.514. The van der Waals surface area contributed by atoms with Gasteiger partial charge < -0.3 is 0 Å². The van der Waals surface area contributed by atoms with Gasteiger partial charge in [0.15, 0.2) is 0 Å². The topological polar surface area (TPSA) is 35.5 Å². The minimum absolute atomic E-state index is 0.801. The molecule has 1 aliphatic heterocycles. The summed E-state index contributed by atoms with van der Waals surface area (Å²) in [5.41, 5.74) is 0. The van der Waals surface area contributed by atoms with Crippen LogP contribution in [-0.4, -0.2) is 10.00 Å². The van der Waals surface area contributed by atoms with E-state index in [9.17, 15) is 4.21 Å². The van der Waals surface area contributed by atoms with Gasteiger partial charge in [-0.3, -0.25) is 0 Å². The molecule has 1 saturated heterocycles. The average molecular weight is 134 g/mol. The minimum Gasteiger partial charge on any atom is -0.229 e. The van der Waals surface area contributed by atoms with Gasteiger partial charge in [0, 0.05) is 0 Å². The van der Waals surface area contributed by atoms with Crippen LogP contribution in [0, 0.1) is 0 Å². The lowest BCUT2D eigenvalue weighted by atomic mass is 10.3. The maximum Gasteiger partial charge on any atom is 0.310 e. The van der Waals surface area contributed by atoms with Crippen LogP contribution in [0.3, 0.4) is 0 Å². The highest BCUT2D eigenvalue weighted by molar-refractivity contribution is 7.76. The molecule has 0 atom stereocenters. The largest absolute Gasteiger partial charge is 0.310 e. The van der Waals surface area contributed by atoms with Crippen molar-refractivity contribution in [3.05, 3.63) is 12.7 Å². The molecule has 1 heterocycles. The van der Waals surface area contributed by atoms with Crippen LogP contribution < -0.4 is 0 Å². The van der Waals surface area contributed by atoms with Gasteiger partial charge in [-0.2, -0.15) is 4.21 Å². The first kappa shape index (κ1) is 5.94. The molecule has 1 rings (SSSR count). The monoisotopic (exact) mass is 134 g/mol. The summed E-state index contributed by atoms with van der Waals surface area (Å²) in [4.78, 5) is 0. The van der Waals surface area contributed by atoms with Gasteiger partial charge in [0.2, 0.25) is 5.79 Å². The Bertz CT molecular complexity index is 134. The van der Waals surface area contributed by atoms with Crippen LogP contribution in [0.5, 0.6) is 0 Å². The molecule has 0 aromatic carbocycles. The molecular weight excluding hydrogens is 128 g/mol. The molecular formula is C4H6O3S. The third kappa shape index (κ3) is 0.819. The summed E-state index contributed by atoms with van der Waals surface area (Å²) < 4.78 is 19.3. The van der Waals surface area contributed by atoms with Crippen molar-refractivity contribution in [3.8, 4) is 0 Å². The summed E-state index contributed by atoms with van der Waals surface area (Å²) in [6.45, 7) is 5.04. The molecule has 0 amide bonds. The van der Waals surface area contributed by atoms with E-state index >= 15 is 0 Å². The van der Waals surface area contributed by atoms with E-state index in [2.05, 4.69) is 14.9 Å². The van der Waals surface area contributed by atoms with Crippen molar-refractivity contribution in [1.29, 1.82) is 0 Å². The van der Waals surface area contributed by atoms with Gasteiger partial charge in [-0.1, -0.05) is 6.58 Å². The summed E-state index contributed by atoms with van der Waals surface area (Å²) in [7, 11) is 0. The minimum atomic E-state index is -1.53. The van der Waals surface area contributed by atoms with Crippen molar-refractivity contribution in [2.75, 3.05) is 0 Å². The van der Waals surface area contributed by atoms with Gasteiger partial charge in [-0.25, -0.2) is 8.37 Å². The van der Waals surface area contributed by atoms with Crippen molar-refractivity contribution in [2.45, 2.75) is 12.7 Å². The Morgan fingerprint density at radius 3 is 2.38 bits per heavy atom. The Labute approximate surface area is 50.2 Å². The van der Waals surface area contributed by atoms with Gasteiger partial charge in [-0.15, -0.1) is 0 Å². The molecule has 4 heteroatoms. The third-order valence-electron chi connectivity index (χ3n) is 0.838. The van der Waals surface area contributed by atoms with E-state index in [1.807, 2.05) is 0 Å². The summed E-state index contributed by atoms with van der Waals surface area (Å²) >= 11 is -1.53. The van der Waals surface area contributed by atoms with Crippen molar-refractivity contribution >= 4 is 11.4 Å². The molecule has 0 spiro atoms. The van der Waals surface area contributed by atoms with Gasteiger partial charge >= 0.3 is 11.4 Å². The summed E-state index contributed by atoms with van der Waals surface area (Å²) in [6, 6.07) is 0. The van der Waals surface area contributed by atoms with E-state index in [4.69, 9.17) is 0 Å². The van der Waals surface area contributed by atoms with Crippen molar-refractivity contribution in [2.24, 2.45) is 0 Å². The summed E-state index contributed by atoms with van der Waals surface area (Å²) in [5.74, 6) is -0.801. The van der Waals surface area contributed by atoms with Crippen LogP contribution in [-0.2, 0) is 19.7 Å². The van der Waals surface area contributed by atoms with Crippen molar-refractivity contribution in [1.82, 2.24) is 0 Å². The van der Waals surface area contributed by atoms with Crippen LogP contribution >= 0.6 is 0 Å². The zero-order valence-electron chi connectivity index (χ0n) is 4.42. The summed E-state index contributed by atoms with van der Waals surface area (Å²) in [6.07, 6.45) is 1.45. The molecule has 0 N–H and O–H groups in total. The first-order valence-electron chi connectivity index (χ1n) is 2.11. The molecule has 0 bridgehead atoms. The lowest BCUT2D eigenvalue weighted by Crippen LogP contribution is -2.42. The Kier molecular flexibility index (Phi) is 1.22. The second kappa shape index (κ2) is 1.65. The second-order valence-corrected chi connectivity index (χ2v) is 2.33. The SMILES string of the molecule is C=CC1(C)OS(=O)O1. The van der Waals surface area contributed by atoms with E-state index in [-0.39, 0.29) is 0 Å². The molecule has 1 aliphatic rings. The quantitative estimate of drug-likeness (QED) is 0.490. The highest BCUT2D eigenvalue weighted by atomic mass is 32.2. The van der Waals surface area contributed by atoms with E-state index < -0.39 is 17.1 Å². The summed E-state index contributed by atoms with van der Waals surface area (Å²) in [5, 5.41) is 0. The second-order valence-electron chi connectivity index (χ2n) is 1.59. The van der Waals surface area contributed by atoms with Gasteiger partial charge in [-0.05, 0) is 13.0 Å². The third-order valence-corrected chi connectivity index (χ3v) is 1.77. The van der Waals surface area contributed by atoms with E-state index in [0.717, 1.165) is 0 Å². The van der Waals surface area contributed by atoms with Gasteiger partial charge in [0.1, 0.15) is 0 Å². The van der Waals surface area contributed by atoms with E-state index in [1.54, 1.807) is 6.92 Å². The molecule has 0 aromatic rings. The zero-order chi connectivity index (χ0) is 6.20. The molecule has 1 fully saturated rings. The van der Waals surface area contributed by atoms with Crippen molar-refractivity contribution in [3.63, 3.8) is 0 Å². The smallest absolute Gasteiger partial charge is 0.229 e. The van der Waals surface area contributed by atoms with Crippen LogP contribution in [0.25, 0.3) is 0 Å². The molecule has 3 nitrogen and oxygen atoms in total. The van der Waals surface area contributed by atoms with Gasteiger partial charge in [0.05, 0.1) is 0 Å². The molecule has 0 unspecified atom stereocenters. The highest BCUT2D eigenvalue weighted by Gasteiger charge is 2.39. The fourth-order valence-electron chi connectivity index (χ4n) is 0.344. The first-order valence-corrected chi connectivity index (χ1v) is 3.11. The zero-order valence-corrected chi connectivity index (χ0v) is 5.23. The van der Waals surface area contributed by atoms with Gasteiger partial charge in [0.25, 0.3) is 0 Å². The van der Waals surface area contributed by atoms with E-state index in [0.29, 0.717) is 0 Å². The molecule has 0 aromatic heterocycles. The Hall–Kier alpha value is -0.190. The van der Waals surface area contributed by atoms with Crippen LogP contribution in [0.15, 0.2) is 12.7 Å². The van der Waals surface area contributed by atoms with Crippen molar-refractivity contribution < 1.29 is 12.6 Å². The standard InChI is InChI=1S/C4H6O3S/c1-3-4(2)6-8(5)7-4/h3H,1H2,2H3. The Morgan fingerprint density at radius 1 is 1.75 bits per heavy atom. The number of hydrogen-bond donors (Lipinski definition) is 0. The van der Waals surface area contributed by atoms with Crippen LogP contribution in [0.1, 0.15) is 6.92 Å². The van der Waals surface area contributed by atoms with Crippen LogP contribution in [0.4, 0.5) is 0 Å². The number of hydrogen-bond acceptors (Lipinski definition) is 3. The van der Waals surface area contributed by atoms with E-state index in [1.165, 1.54) is 6.08 Å². The maximum absolute atomic E-state index is 10.1. The number of rotatable bonds is 1. The fourth-order valence-corrected chi connectivity index (χ4v) is 1.03. The maximum atomic E-state index is 10.1. The Balaban J connectivity index is 2.52. The van der Waals surface area contributed by atoms with Crippen LogP contribution in [0.2, 0.25) is 0 Å². The molecule has 0 aliphatic carbocycles. The Morgan fingerprint density at radius 2 is 2.25 bits per heavy atom. The molecule has 46 valence electrons. The predicted molar refractivity (Wildman–Crippen MR) is 28.9 cm³/mol.